The van der Waals surface area contributed by atoms with Crippen LogP contribution in [0.5, 0.6) is 0 Å². The summed E-state index contributed by atoms with van der Waals surface area (Å²) in [5.41, 5.74) is 2.91. The van der Waals surface area contributed by atoms with Gasteiger partial charge < -0.3 is 0 Å². The van der Waals surface area contributed by atoms with E-state index >= 15 is 0 Å². The standard InChI is InChI=1S/C11H18Si/c1-3-8-12-9-11-6-4-10(2)5-7-11/h4-7H,3,8-9,12H2,1-2H3. The molecule has 66 valence electrons. The lowest BCUT2D eigenvalue weighted by Crippen LogP contribution is -1.95. The van der Waals surface area contributed by atoms with Gasteiger partial charge in [-0.2, -0.15) is 0 Å². The first kappa shape index (κ1) is 9.52. The maximum atomic E-state index is 2.28. The predicted molar refractivity (Wildman–Crippen MR) is 58.5 cm³/mol. The molecular formula is C11H18Si. The Morgan fingerprint density at radius 2 is 1.83 bits per heavy atom. The van der Waals surface area contributed by atoms with Crippen LogP contribution in [0.2, 0.25) is 6.04 Å². The van der Waals surface area contributed by atoms with E-state index < -0.39 is 0 Å². The maximum Gasteiger partial charge on any atom is 0.0247 e. The molecule has 12 heavy (non-hydrogen) atoms. The summed E-state index contributed by atoms with van der Waals surface area (Å²) in [6, 6.07) is 11.9. The van der Waals surface area contributed by atoms with Gasteiger partial charge in [-0.1, -0.05) is 54.8 Å². The molecule has 0 aliphatic heterocycles. The van der Waals surface area contributed by atoms with E-state index in [2.05, 4.69) is 38.1 Å². The number of hydrogen-bond donors (Lipinski definition) is 0. The molecule has 0 N–H and O–H groups in total. The van der Waals surface area contributed by atoms with Gasteiger partial charge in [0.2, 0.25) is 0 Å². The van der Waals surface area contributed by atoms with E-state index in [-0.39, 0.29) is 9.52 Å². The average Bonchev–Trinajstić information content (AvgIpc) is 2.09. The van der Waals surface area contributed by atoms with Gasteiger partial charge in [0.15, 0.2) is 0 Å². The molecule has 0 atom stereocenters. The first-order chi connectivity index (χ1) is 5.83. The second-order valence-corrected chi connectivity index (χ2v) is 5.36. The SMILES string of the molecule is CCC[SiH2]Cc1ccc(C)cc1. The van der Waals surface area contributed by atoms with Crippen molar-refractivity contribution < 1.29 is 0 Å². The highest BCUT2D eigenvalue weighted by atomic mass is 28.2. The highest BCUT2D eigenvalue weighted by Gasteiger charge is 1.92. The van der Waals surface area contributed by atoms with Gasteiger partial charge in [0.05, 0.1) is 0 Å². The second-order valence-electron chi connectivity index (χ2n) is 3.44. The normalized spacial score (nSPS) is 11.2. The summed E-state index contributed by atoms with van der Waals surface area (Å²) in [6.07, 6.45) is 1.37. The van der Waals surface area contributed by atoms with Gasteiger partial charge >= 0.3 is 0 Å². The van der Waals surface area contributed by atoms with Gasteiger partial charge in [-0.3, -0.25) is 0 Å². The van der Waals surface area contributed by atoms with Gasteiger partial charge in [0.1, 0.15) is 0 Å². The van der Waals surface area contributed by atoms with Crippen molar-refractivity contribution in [1.82, 2.24) is 0 Å². The van der Waals surface area contributed by atoms with Crippen LogP contribution in [-0.2, 0) is 6.04 Å². The molecule has 1 aromatic rings. The molecule has 0 spiro atoms. The lowest BCUT2D eigenvalue weighted by Gasteiger charge is -1.99. The number of hydrogen-bond acceptors (Lipinski definition) is 0. The topological polar surface area (TPSA) is 0 Å². The Morgan fingerprint density at radius 1 is 1.17 bits per heavy atom. The fourth-order valence-corrected chi connectivity index (χ4v) is 2.83. The zero-order valence-corrected chi connectivity index (χ0v) is 9.55. The third kappa shape index (κ3) is 3.22. The summed E-state index contributed by atoms with van der Waals surface area (Å²) in [5, 5.41) is 0. The van der Waals surface area contributed by atoms with Crippen LogP contribution in [0.4, 0.5) is 0 Å². The van der Waals surface area contributed by atoms with Gasteiger partial charge in [0.25, 0.3) is 0 Å². The molecule has 0 saturated heterocycles. The molecule has 0 radical (unpaired) electrons. The van der Waals surface area contributed by atoms with E-state index in [1.165, 1.54) is 24.1 Å². The molecule has 1 heteroatoms. The Morgan fingerprint density at radius 3 is 2.42 bits per heavy atom. The lowest BCUT2D eigenvalue weighted by molar-refractivity contribution is 1.06. The molecule has 0 aliphatic carbocycles. The Kier molecular flexibility index (Phi) is 4.09. The van der Waals surface area contributed by atoms with Gasteiger partial charge in [-0.05, 0) is 13.0 Å². The van der Waals surface area contributed by atoms with Crippen molar-refractivity contribution in [1.29, 1.82) is 0 Å². The van der Waals surface area contributed by atoms with Crippen molar-refractivity contribution in [3.63, 3.8) is 0 Å². The Hall–Kier alpha value is -0.563. The molecule has 0 amide bonds. The zero-order valence-electron chi connectivity index (χ0n) is 8.14. The summed E-state index contributed by atoms with van der Waals surface area (Å²) in [5.74, 6) is 0. The van der Waals surface area contributed by atoms with Crippen molar-refractivity contribution in [3.8, 4) is 0 Å². The van der Waals surface area contributed by atoms with E-state index in [0.717, 1.165) is 0 Å². The first-order valence-corrected chi connectivity index (χ1v) is 6.88. The van der Waals surface area contributed by atoms with Crippen molar-refractivity contribution in [2.45, 2.75) is 32.4 Å². The minimum absolute atomic E-state index is 0.201. The Bertz CT molecular complexity index is 213. The van der Waals surface area contributed by atoms with Crippen LogP contribution in [0.1, 0.15) is 24.5 Å². The molecule has 1 rings (SSSR count). The molecular weight excluding hydrogens is 160 g/mol. The largest absolute Gasteiger partial charge is 0.0657 e. The van der Waals surface area contributed by atoms with Crippen LogP contribution in [0.25, 0.3) is 0 Å². The van der Waals surface area contributed by atoms with Gasteiger partial charge in [-0.25, -0.2) is 0 Å². The Balaban J connectivity index is 2.37. The van der Waals surface area contributed by atoms with Crippen LogP contribution >= 0.6 is 0 Å². The van der Waals surface area contributed by atoms with Crippen molar-refractivity contribution in [3.05, 3.63) is 35.4 Å². The molecule has 0 nitrogen and oxygen atoms in total. The molecule has 0 saturated carbocycles. The molecule has 0 fully saturated rings. The van der Waals surface area contributed by atoms with E-state index in [1.54, 1.807) is 5.56 Å². The van der Waals surface area contributed by atoms with Crippen LogP contribution in [0, 0.1) is 6.92 Å². The third-order valence-electron chi connectivity index (χ3n) is 2.19. The zero-order chi connectivity index (χ0) is 8.81. The van der Waals surface area contributed by atoms with E-state index in [0.29, 0.717) is 0 Å². The van der Waals surface area contributed by atoms with Crippen LogP contribution in [0.15, 0.2) is 24.3 Å². The molecule has 0 aromatic heterocycles. The van der Waals surface area contributed by atoms with Crippen LogP contribution in [-0.4, -0.2) is 9.52 Å². The van der Waals surface area contributed by atoms with E-state index in [1.807, 2.05) is 0 Å². The molecule has 0 heterocycles. The second kappa shape index (κ2) is 5.15. The van der Waals surface area contributed by atoms with Crippen molar-refractivity contribution in [2.75, 3.05) is 0 Å². The number of rotatable bonds is 4. The van der Waals surface area contributed by atoms with Crippen molar-refractivity contribution >= 4 is 9.52 Å². The summed E-state index contributed by atoms with van der Waals surface area (Å²) in [7, 11) is 0.201. The Labute approximate surface area is 77.8 Å². The highest BCUT2D eigenvalue weighted by molar-refractivity contribution is 6.34. The number of benzene rings is 1. The fourth-order valence-electron chi connectivity index (χ4n) is 1.33. The van der Waals surface area contributed by atoms with Gasteiger partial charge in [-0.15, -0.1) is 0 Å². The van der Waals surface area contributed by atoms with Crippen LogP contribution < -0.4 is 0 Å². The quantitative estimate of drug-likeness (QED) is 0.491. The maximum absolute atomic E-state index is 2.28. The molecule has 0 bridgehead atoms. The molecule has 0 aliphatic rings. The van der Waals surface area contributed by atoms with Gasteiger partial charge in [0, 0.05) is 9.52 Å². The number of aryl methyl sites for hydroxylation is 1. The third-order valence-corrected chi connectivity index (χ3v) is 4.33. The lowest BCUT2D eigenvalue weighted by atomic mass is 10.2. The average molecular weight is 178 g/mol. The summed E-state index contributed by atoms with van der Waals surface area (Å²) in [6.45, 7) is 4.43. The first-order valence-electron chi connectivity index (χ1n) is 4.88. The highest BCUT2D eigenvalue weighted by Crippen LogP contribution is 2.04. The summed E-state index contributed by atoms with van der Waals surface area (Å²) >= 11 is 0. The van der Waals surface area contributed by atoms with Crippen molar-refractivity contribution in [2.24, 2.45) is 0 Å². The van der Waals surface area contributed by atoms with E-state index in [4.69, 9.17) is 0 Å². The molecule has 0 unspecified atom stereocenters. The van der Waals surface area contributed by atoms with Crippen LogP contribution in [0.3, 0.4) is 0 Å². The predicted octanol–water partition coefficient (Wildman–Crippen LogP) is 2.49. The minimum atomic E-state index is 0.201. The minimum Gasteiger partial charge on any atom is -0.0657 e. The summed E-state index contributed by atoms with van der Waals surface area (Å²) in [4.78, 5) is 0. The molecule has 1 aromatic carbocycles. The summed E-state index contributed by atoms with van der Waals surface area (Å²) < 4.78 is 0. The fraction of sp³-hybridized carbons (Fsp3) is 0.455. The smallest absolute Gasteiger partial charge is 0.0247 e. The monoisotopic (exact) mass is 178 g/mol. The van der Waals surface area contributed by atoms with E-state index in [9.17, 15) is 0 Å².